The van der Waals surface area contributed by atoms with E-state index in [1.54, 1.807) is 31.4 Å². The van der Waals surface area contributed by atoms with E-state index >= 15 is 0 Å². The molecule has 190 valence electrons. The van der Waals surface area contributed by atoms with E-state index < -0.39 is 5.60 Å². The fourth-order valence-electron chi connectivity index (χ4n) is 4.15. The lowest BCUT2D eigenvalue weighted by molar-refractivity contribution is 0.143. The number of nitrogen functional groups attached to an aromatic ring is 1. The van der Waals surface area contributed by atoms with Crippen molar-refractivity contribution in [1.29, 1.82) is 0 Å². The van der Waals surface area contributed by atoms with Crippen LogP contribution in [0.15, 0.2) is 36.7 Å². The zero-order chi connectivity index (χ0) is 25.7. The van der Waals surface area contributed by atoms with Crippen molar-refractivity contribution in [2.45, 2.75) is 51.4 Å². The Labute approximate surface area is 217 Å². The number of anilines is 1. The summed E-state index contributed by atoms with van der Waals surface area (Å²) in [7, 11) is 4.08. The average Bonchev–Trinajstić information content (AvgIpc) is 3.34. The van der Waals surface area contributed by atoms with Crippen LogP contribution in [0.4, 0.5) is 5.82 Å². The average molecular weight is 506 g/mol. The van der Waals surface area contributed by atoms with Gasteiger partial charge in [0.25, 0.3) is 0 Å². The Morgan fingerprint density at radius 1 is 1.19 bits per heavy atom. The Kier molecular flexibility index (Phi) is 8.27. The van der Waals surface area contributed by atoms with E-state index in [-0.39, 0.29) is 0 Å². The fraction of sp³-hybridized carbons (Fsp3) is 0.429. The molecule has 1 aliphatic heterocycles. The third-order valence-corrected chi connectivity index (χ3v) is 7.44. The molecule has 7 nitrogen and oxygen atoms in total. The van der Waals surface area contributed by atoms with E-state index in [1.807, 2.05) is 37.5 Å². The number of nitrogens with two attached hydrogens (primary N) is 1. The number of pyridine rings is 1. The number of aliphatic hydroxyl groups is 1. The molecular formula is C28H35N5O2S. The third kappa shape index (κ3) is 6.83. The summed E-state index contributed by atoms with van der Waals surface area (Å²) in [6, 6.07) is 7.93. The summed E-state index contributed by atoms with van der Waals surface area (Å²) in [5.74, 6) is 7.33. The van der Waals surface area contributed by atoms with Crippen LogP contribution in [-0.4, -0.2) is 52.8 Å². The van der Waals surface area contributed by atoms with Crippen molar-refractivity contribution in [1.82, 2.24) is 20.2 Å². The van der Waals surface area contributed by atoms with Crippen LogP contribution in [0.3, 0.4) is 0 Å². The second-order valence-electron chi connectivity index (χ2n) is 9.86. The van der Waals surface area contributed by atoms with Gasteiger partial charge in [0.2, 0.25) is 0 Å². The number of benzene rings is 1. The summed E-state index contributed by atoms with van der Waals surface area (Å²) >= 11 is 1.73. The van der Waals surface area contributed by atoms with Crippen molar-refractivity contribution in [3.63, 3.8) is 0 Å². The van der Waals surface area contributed by atoms with E-state index in [1.165, 1.54) is 5.01 Å². The maximum Gasteiger partial charge on any atom is 0.166 e. The minimum Gasteiger partial charge on any atom is -0.485 e. The molecule has 1 saturated heterocycles. The van der Waals surface area contributed by atoms with Gasteiger partial charge in [-0.3, -0.25) is 0 Å². The largest absolute Gasteiger partial charge is 0.485 e. The Hall–Kier alpha value is -2.96. The first-order valence-corrected chi connectivity index (χ1v) is 13.1. The Morgan fingerprint density at radius 3 is 2.69 bits per heavy atom. The molecule has 4 rings (SSSR count). The number of likely N-dealkylation sites (tertiary alicyclic amines) is 1. The van der Waals surface area contributed by atoms with Crippen LogP contribution in [0.25, 0.3) is 10.4 Å². The smallest absolute Gasteiger partial charge is 0.166 e. The van der Waals surface area contributed by atoms with E-state index in [0.717, 1.165) is 53.1 Å². The van der Waals surface area contributed by atoms with Crippen molar-refractivity contribution < 1.29 is 9.84 Å². The number of rotatable bonds is 7. The number of hydrogen-bond acceptors (Lipinski definition) is 8. The fourth-order valence-corrected chi connectivity index (χ4v) is 5.22. The molecule has 1 aliphatic rings. The Bertz CT molecular complexity index is 1250. The van der Waals surface area contributed by atoms with Crippen molar-refractivity contribution in [2.75, 3.05) is 32.9 Å². The van der Waals surface area contributed by atoms with Gasteiger partial charge in [0.1, 0.15) is 12.2 Å². The number of aromatic nitrogens is 2. The van der Waals surface area contributed by atoms with Gasteiger partial charge in [-0.25, -0.2) is 9.97 Å². The lowest BCUT2D eigenvalue weighted by atomic mass is 9.98. The molecule has 3 heterocycles. The monoisotopic (exact) mass is 505 g/mol. The number of piperidine rings is 1. The minimum atomic E-state index is -1.05. The second kappa shape index (κ2) is 11.4. The van der Waals surface area contributed by atoms with Gasteiger partial charge in [-0.1, -0.05) is 17.9 Å². The SMILES string of the molecule is CNCc1ccc(C#CC(C)(C)O)cc1COc1cc(-c2cnc(C3CCN(C)CC3)s2)cnc1N. The summed E-state index contributed by atoms with van der Waals surface area (Å²) in [6.45, 7) is 6.59. The Balaban J connectivity index is 1.52. The molecule has 4 N–H and O–H groups in total. The van der Waals surface area contributed by atoms with Crippen LogP contribution in [0, 0.1) is 11.8 Å². The van der Waals surface area contributed by atoms with E-state index in [2.05, 4.69) is 34.1 Å². The minimum absolute atomic E-state index is 0.327. The topological polar surface area (TPSA) is 96.5 Å². The van der Waals surface area contributed by atoms with Crippen LogP contribution in [0.2, 0.25) is 0 Å². The molecule has 1 aromatic carbocycles. The van der Waals surface area contributed by atoms with Crippen LogP contribution in [-0.2, 0) is 13.2 Å². The van der Waals surface area contributed by atoms with Crippen LogP contribution in [0.1, 0.15) is 54.3 Å². The van der Waals surface area contributed by atoms with Gasteiger partial charge < -0.3 is 25.8 Å². The van der Waals surface area contributed by atoms with E-state index in [9.17, 15) is 5.11 Å². The standard InChI is InChI=1S/C28H35N5O2S/c1-28(2,34)10-7-19-5-6-21(15-30-3)23(13-19)18-35-24-14-22(16-31-26(24)29)25-17-32-27(36-25)20-8-11-33(4)12-9-20/h5-6,13-14,16-17,20,30,34H,8-9,11-12,15,18H2,1-4H3,(H2,29,31). The predicted octanol–water partition coefficient (Wildman–Crippen LogP) is 4.02. The highest BCUT2D eigenvalue weighted by molar-refractivity contribution is 7.15. The molecule has 1 fully saturated rings. The summed E-state index contributed by atoms with van der Waals surface area (Å²) < 4.78 is 6.17. The van der Waals surface area contributed by atoms with Crippen molar-refractivity contribution >= 4 is 17.2 Å². The van der Waals surface area contributed by atoms with E-state index in [0.29, 0.717) is 30.6 Å². The van der Waals surface area contributed by atoms with Gasteiger partial charge >= 0.3 is 0 Å². The summed E-state index contributed by atoms with van der Waals surface area (Å²) in [6.07, 6.45) is 6.01. The van der Waals surface area contributed by atoms with Gasteiger partial charge in [-0.15, -0.1) is 11.3 Å². The highest BCUT2D eigenvalue weighted by Gasteiger charge is 2.21. The maximum absolute atomic E-state index is 9.94. The number of nitrogens with zero attached hydrogens (tertiary/aromatic N) is 3. The molecule has 0 amide bonds. The highest BCUT2D eigenvalue weighted by Crippen LogP contribution is 2.36. The molecule has 0 saturated carbocycles. The lowest BCUT2D eigenvalue weighted by Gasteiger charge is -2.27. The normalized spacial score (nSPS) is 14.9. The zero-order valence-corrected chi connectivity index (χ0v) is 22.3. The van der Waals surface area contributed by atoms with Crippen molar-refractivity contribution in [3.8, 4) is 28.0 Å². The molecular weight excluding hydrogens is 470 g/mol. The predicted molar refractivity (Wildman–Crippen MR) is 146 cm³/mol. The van der Waals surface area contributed by atoms with Crippen LogP contribution in [0.5, 0.6) is 5.75 Å². The molecule has 0 unspecified atom stereocenters. The number of nitrogens with one attached hydrogen (secondary N) is 1. The lowest BCUT2D eigenvalue weighted by Crippen LogP contribution is -2.29. The molecule has 36 heavy (non-hydrogen) atoms. The molecule has 8 heteroatoms. The highest BCUT2D eigenvalue weighted by atomic mass is 32.1. The first kappa shape index (κ1) is 26.1. The quantitative estimate of drug-likeness (QED) is 0.418. The van der Waals surface area contributed by atoms with Gasteiger partial charge in [0.15, 0.2) is 11.6 Å². The van der Waals surface area contributed by atoms with Gasteiger partial charge in [-0.05, 0) is 83.2 Å². The van der Waals surface area contributed by atoms with E-state index in [4.69, 9.17) is 15.5 Å². The summed E-state index contributed by atoms with van der Waals surface area (Å²) in [5, 5.41) is 14.3. The van der Waals surface area contributed by atoms with Gasteiger partial charge in [0, 0.05) is 36.0 Å². The number of ether oxygens (including phenoxy) is 1. The van der Waals surface area contributed by atoms with Gasteiger partial charge in [0.05, 0.1) is 9.88 Å². The number of hydrogen-bond donors (Lipinski definition) is 3. The summed E-state index contributed by atoms with van der Waals surface area (Å²) in [5.41, 5.74) is 9.01. The van der Waals surface area contributed by atoms with Crippen molar-refractivity contribution in [2.24, 2.45) is 0 Å². The molecule has 0 bridgehead atoms. The van der Waals surface area contributed by atoms with Crippen LogP contribution < -0.4 is 15.8 Å². The third-order valence-electron chi connectivity index (χ3n) is 6.23. The molecule has 0 radical (unpaired) electrons. The first-order valence-electron chi connectivity index (χ1n) is 12.3. The number of thiazole rings is 1. The first-order chi connectivity index (χ1) is 17.2. The van der Waals surface area contributed by atoms with Crippen molar-refractivity contribution in [3.05, 3.63) is 58.4 Å². The molecule has 0 spiro atoms. The molecule has 3 aromatic rings. The molecule has 2 aromatic heterocycles. The van der Waals surface area contributed by atoms with Crippen LogP contribution >= 0.6 is 11.3 Å². The van der Waals surface area contributed by atoms with Gasteiger partial charge in [-0.2, -0.15) is 0 Å². The molecule has 0 aliphatic carbocycles. The summed E-state index contributed by atoms with van der Waals surface area (Å²) in [4.78, 5) is 12.6. The second-order valence-corrected chi connectivity index (χ2v) is 10.9. The Morgan fingerprint density at radius 2 is 1.97 bits per heavy atom. The maximum atomic E-state index is 9.94. The molecule has 0 atom stereocenters. The zero-order valence-electron chi connectivity index (χ0n) is 21.5.